The average Bonchev–Trinajstić information content (AvgIpc) is 2.29. The van der Waals surface area contributed by atoms with Crippen molar-refractivity contribution in [2.45, 2.75) is 6.92 Å². The van der Waals surface area contributed by atoms with Gasteiger partial charge in [0.15, 0.2) is 0 Å². The zero-order chi connectivity index (χ0) is 12.8. The highest BCUT2D eigenvalue weighted by Crippen LogP contribution is 2.17. The molecule has 0 aliphatic carbocycles. The number of nitrogens with one attached hydrogen (secondary N) is 2. The van der Waals surface area contributed by atoms with Crippen LogP contribution in [0.4, 0.5) is 5.82 Å². The normalized spacial score (nSPS) is 9.76. The standard InChI is InChI=1S/C10H13ClN4O2/c1-2-13-9-3-6(7(11)4-14-9)10(17)15-5-8(12)16/h3-4H,2,5H2,1H3,(H2,12,16)(H,13,14)(H,15,17). The topological polar surface area (TPSA) is 97.1 Å². The van der Waals surface area contributed by atoms with Gasteiger partial charge in [0.25, 0.3) is 5.91 Å². The molecule has 1 aromatic rings. The second-order valence-electron chi connectivity index (χ2n) is 3.23. The summed E-state index contributed by atoms with van der Waals surface area (Å²) in [6, 6.07) is 1.52. The van der Waals surface area contributed by atoms with Gasteiger partial charge in [-0.3, -0.25) is 9.59 Å². The Morgan fingerprint density at radius 3 is 2.82 bits per heavy atom. The molecule has 0 saturated carbocycles. The van der Waals surface area contributed by atoms with Crippen molar-refractivity contribution in [1.82, 2.24) is 10.3 Å². The summed E-state index contributed by atoms with van der Waals surface area (Å²) in [5.41, 5.74) is 5.17. The quantitative estimate of drug-likeness (QED) is 0.710. The third-order valence-electron chi connectivity index (χ3n) is 1.88. The van der Waals surface area contributed by atoms with E-state index in [1.807, 2.05) is 6.92 Å². The maximum absolute atomic E-state index is 11.7. The minimum Gasteiger partial charge on any atom is -0.370 e. The van der Waals surface area contributed by atoms with Crippen molar-refractivity contribution >= 4 is 29.2 Å². The van der Waals surface area contributed by atoms with Crippen LogP contribution in [-0.4, -0.2) is 29.9 Å². The molecule has 4 N–H and O–H groups in total. The van der Waals surface area contributed by atoms with Crippen molar-refractivity contribution in [2.75, 3.05) is 18.4 Å². The van der Waals surface area contributed by atoms with E-state index in [1.165, 1.54) is 12.3 Å². The predicted octanol–water partition coefficient (Wildman–Crippen LogP) is 0.382. The Morgan fingerprint density at radius 2 is 2.24 bits per heavy atom. The lowest BCUT2D eigenvalue weighted by Gasteiger charge is -2.07. The molecule has 0 aliphatic rings. The maximum Gasteiger partial charge on any atom is 0.253 e. The number of anilines is 1. The number of nitrogens with two attached hydrogens (primary N) is 1. The number of aromatic nitrogens is 1. The largest absolute Gasteiger partial charge is 0.370 e. The van der Waals surface area contributed by atoms with Crippen LogP contribution in [0.1, 0.15) is 17.3 Å². The Balaban J connectivity index is 2.83. The molecule has 17 heavy (non-hydrogen) atoms. The minimum absolute atomic E-state index is 0.216. The summed E-state index contributed by atoms with van der Waals surface area (Å²) in [6.45, 7) is 2.36. The van der Waals surface area contributed by atoms with Gasteiger partial charge in [0, 0.05) is 12.7 Å². The summed E-state index contributed by atoms with van der Waals surface area (Å²) in [4.78, 5) is 26.2. The number of nitrogens with zero attached hydrogens (tertiary/aromatic N) is 1. The van der Waals surface area contributed by atoms with Crippen molar-refractivity contribution in [1.29, 1.82) is 0 Å². The lowest BCUT2D eigenvalue weighted by atomic mass is 10.2. The van der Waals surface area contributed by atoms with Crippen LogP contribution >= 0.6 is 11.6 Å². The van der Waals surface area contributed by atoms with Gasteiger partial charge in [-0.1, -0.05) is 11.6 Å². The highest BCUT2D eigenvalue weighted by molar-refractivity contribution is 6.33. The Hall–Kier alpha value is -1.82. The van der Waals surface area contributed by atoms with Crippen LogP contribution in [-0.2, 0) is 4.79 Å². The van der Waals surface area contributed by atoms with Gasteiger partial charge in [-0.15, -0.1) is 0 Å². The molecule has 0 unspecified atom stereocenters. The van der Waals surface area contributed by atoms with Gasteiger partial charge in [0.05, 0.1) is 17.1 Å². The molecule has 0 fully saturated rings. The van der Waals surface area contributed by atoms with Gasteiger partial charge in [-0.2, -0.15) is 0 Å². The third-order valence-corrected chi connectivity index (χ3v) is 2.18. The number of halogens is 1. The lowest BCUT2D eigenvalue weighted by molar-refractivity contribution is -0.117. The van der Waals surface area contributed by atoms with Gasteiger partial charge in [-0.25, -0.2) is 4.98 Å². The monoisotopic (exact) mass is 256 g/mol. The van der Waals surface area contributed by atoms with E-state index in [2.05, 4.69) is 15.6 Å². The highest BCUT2D eigenvalue weighted by atomic mass is 35.5. The Bertz CT molecular complexity index is 436. The maximum atomic E-state index is 11.7. The third kappa shape index (κ3) is 3.92. The number of rotatable bonds is 5. The number of hydrogen-bond acceptors (Lipinski definition) is 4. The van der Waals surface area contributed by atoms with Crippen molar-refractivity contribution in [3.05, 3.63) is 22.8 Å². The number of amides is 2. The fraction of sp³-hybridized carbons (Fsp3) is 0.300. The number of pyridine rings is 1. The summed E-state index contributed by atoms with van der Waals surface area (Å²) in [5, 5.41) is 5.52. The van der Waals surface area contributed by atoms with Crippen LogP contribution in [0.2, 0.25) is 5.02 Å². The summed E-state index contributed by atoms with van der Waals surface area (Å²) >= 11 is 5.84. The Morgan fingerprint density at radius 1 is 1.53 bits per heavy atom. The van der Waals surface area contributed by atoms with Crippen LogP contribution < -0.4 is 16.4 Å². The molecule has 0 aromatic carbocycles. The zero-order valence-corrected chi connectivity index (χ0v) is 10.0. The van der Waals surface area contributed by atoms with E-state index >= 15 is 0 Å². The summed E-state index contributed by atoms with van der Waals surface area (Å²) < 4.78 is 0. The first kappa shape index (κ1) is 13.2. The summed E-state index contributed by atoms with van der Waals surface area (Å²) in [6.07, 6.45) is 1.37. The smallest absolute Gasteiger partial charge is 0.253 e. The molecule has 2 amide bonds. The fourth-order valence-electron chi connectivity index (χ4n) is 1.15. The molecule has 6 nitrogen and oxygen atoms in total. The van der Waals surface area contributed by atoms with E-state index in [-0.39, 0.29) is 17.1 Å². The van der Waals surface area contributed by atoms with E-state index in [4.69, 9.17) is 17.3 Å². The van der Waals surface area contributed by atoms with Crippen LogP contribution in [0, 0.1) is 0 Å². The van der Waals surface area contributed by atoms with Crippen molar-refractivity contribution in [3.63, 3.8) is 0 Å². The van der Waals surface area contributed by atoms with Crippen LogP contribution in [0.3, 0.4) is 0 Å². The van der Waals surface area contributed by atoms with Gasteiger partial charge in [-0.05, 0) is 13.0 Å². The Kier molecular flexibility index (Phi) is 4.71. The molecule has 0 spiro atoms. The molecule has 7 heteroatoms. The summed E-state index contributed by atoms with van der Waals surface area (Å²) in [7, 11) is 0. The van der Waals surface area contributed by atoms with Gasteiger partial charge in [0.1, 0.15) is 5.82 Å². The second kappa shape index (κ2) is 6.05. The molecule has 0 saturated heterocycles. The van der Waals surface area contributed by atoms with E-state index in [0.717, 1.165) is 0 Å². The first-order valence-electron chi connectivity index (χ1n) is 5.00. The van der Waals surface area contributed by atoms with Crippen LogP contribution in [0.25, 0.3) is 0 Å². The van der Waals surface area contributed by atoms with Crippen molar-refractivity contribution in [2.24, 2.45) is 5.73 Å². The average molecular weight is 257 g/mol. The number of hydrogen-bond donors (Lipinski definition) is 3. The van der Waals surface area contributed by atoms with E-state index < -0.39 is 11.8 Å². The second-order valence-corrected chi connectivity index (χ2v) is 3.64. The molecule has 0 atom stereocenters. The molecule has 0 aliphatic heterocycles. The molecule has 92 valence electrons. The number of carbonyl (C=O) groups is 2. The molecule has 1 aromatic heterocycles. The number of primary amides is 1. The van der Waals surface area contributed by atoms with Crippen LogP contribution in [0.15, 0.2) is 12.3 Å². The minimum atomic E-state index is -0.615. The van der Waals surface area contributed by atoms with Gasteiger partial charge >= 0.3 is 0 Å². The predicted molar refractivity (Wildman–Crippen MR) is 64.9 cm³/mol. The summed E-state index contributed by atoms with van der Waals surface area (Å²) in [5.74, 6) is -0.535. The number of carbonyl (C=O) groups excluding carboxylic acids is 2. The SMILES string of the molecule is CCNc1cc(C(=O)NCC(N)=O)c(Cl)cn1. The molecule has 0 radical (unpaired) electrons. The molecule has 1 rings (SSSR count). The molecule has 0 bridgehead atoms. The van der Waals surface area contributed by atoms with E-state index in [0.29, 0.717) is 12.4 Å². The molecular formula is C10H13ClN4O2. The molecular weight excluding hydrogens is 244 g/mol. The van der Waals surface area contributed by atoms with Gasteiger partial charge < -0.3 is 16.4 Å². The van der Waals surface area contributed by atoms with Crippen LogP contribution in [0.5, 0.6) is 0 Å². The highest BCUT2D eigenvalue weighted by Gasteiger charge is 2.12. The zero-order valence-electron chi connectivity index (χ0n) is 9.29. The van der Waals surface area contributed by atoms with Crippen molar-refractivity contribution in [3.8, 4) is 0 Å². The lowest BCUT2D eigenvalue weighted by Crippen LogP contribution is -2.33. The van der Waals surface area contributed by atoms with Crippen molar-refractivity contribution < 1.29 is 9.59 Å². The Labute approximate surface area is 104 Å². The van der Waals surface area contributed by atoms with Gasteiger partial charge in [0.2, 0.25) is 5.91 Å². The first-order valence-corrected chi connectivity index (χ1v) is 5.38. The van der Waals surface area contributed by atoms with E-state index in [1.54, 1.807) is 0 Å². The van der Waals surface area contributed by atoms with E-state index in [9.17, 15) is 9.59 Å². The fourth-order valence-corrected chi connectivity index (χ4v) is 1.34. The molecule has 1 heterocycles. The first-order chi connectivity index (χ1) is 8.04.